The number of aromatic nitrogens is 2. The number of ketones is 1. The molecule has 2 aromatic carbocycles. The number of nitrogens with zero attached hydrogens (tertiary/aromatic N) is 2. The Labute approximate surface area is 176 Å². The van der Waals surface area contributed by atoms with Crippen LogP contribution in [0.15, 0.2) is 54.7 Å². The molecule has 0 spiro atoms. The molecular weight excluding hydrogens is 403 g/mol. The van der Waals surface area contributed by atoms with Gasteiger partial charge in [-0.25, -0.2) is 9.37 Å². The van der Waals surface area contributed by atoms with Crippen LogP contribution in [0.25, 0.3) is 22.3 Å². The van der Waals surface area contributed by atoms with E-state index in [1.54, 1.807) is 36.4 Å². The average Bonchev–Trinajstić information content (AvgIpc) is 3.28. The number of carbonyl (C=O) groups excluding carboxylic acids is 1. The number of aryl methyl sites for hydroxylation is 1. The van der Waals surface area contributed by atoms with Crippen molar-refractivity contribution < 1.29 is 19.4 Å². The molecule has 0 saturated heterocycles. The van der Waals surface area contributed by atoms with Gasteiger partial charge in [-0.2, -0.15) is 0 Å². The Balaban J connectivity index is 1.73. The lowest BCUT2D eigenvalue weighted by Crippen LogP contribution is -2.00. The number of aliphatic hydroxyl groups is 2. The molecule has 4 rings (SSSR count). The van der Waals surface area contributed by atoms with Crippen LogP contribution in [0.2, 0.25) is 0 Å². The van der Waals surface area contributed by atoms with Gasteiger partial charge in [-0.05, 0) is 60.5 Å². The summed E-state index contributed by atoms with van der Waals surface area (Å²) in [7, 11) is 0. The summed E-state index contributed by atoms with van der Waals surface area (Å²) in [6.07, 6.45) is 5.11. The lowest BCUT2D eigenvalue weighted by atomic mass is 10.0. The summed E-state index contributed by atoms with van der Waals surface area (Å²) in [5.74, 6) is -0.560. The first kappa shape index (κ1) is 20.2. The second-order valence-corrected chi connectivity index (χ2v) is 8.06. The van der Waals surface area contributed by atoms with Crippen LogP contribution in [0.1, 0.15) is 32.1 Å². The highest BCUT2D eigenvalue weighted by Crippen LogP contribution is 2.29. The highest BCUT2D eigenvalue weighted by atomic mass is 32.1. The molecule has 0 aliphatic carbocycles. The number of thiazole rings is 1. The fourth-order valence-electron chi connectivity index (χ4n) is 3.28. The second-order valence-electron chi connectivity index (χ2n) is 6.84. The third kappa shape index (κ3) is 3.82. The van der Waals surface area contributed by atoms with Crippen molar-refractivity contribution in [1.82, 2.24) is 9.38 Å². The van der Waals surface area contributed by atoms with Crippen LogP contribution in [0.5, 0.6) is 0 Å². The maximum atomic E-state index is 13.3. The summed E-state index contributed by atoms with van der Waals surface area (Å²) in [5, 5.41) is 18.8. The Bertz CT molecular complexity index is 1260. The number of benzene rings is 2. The molecule has 2 aromatic heterocycles. The van der Waals surface area contributed by atoms with Crippen LogP contribution in [0.3, 0.4) is 0 Å². The smallest absolute Gasteiger partial charge is 0.194 e. The fraction of sp³-hybridized carbons (Fsp3) is 0.130. The standard InChI is InChI=1S/C23H19FN2O3S/c1-14-11-26-20(22(25-23(26)30-14)15-4-6-19(24)7-5-15)8-9-21(29)16-2-3-17(12-27)18(10-16)13-28/h2-11,27-28H,12-13H2,1H3/b9-8+. The van der Waals surface area contributed by atoms with E-state index in [1.807, 2.05) is 17.5 Å². The third-order valence-corrected chi connectivity index (χ3v) is 5.72. The van der Waals surface area contributed by atoms with Gasteiger partial charge in [0.25, 0.3) is 0 Å². The van der Waals surface area contributed by atoms with Crippen molar-refractivity contribution in [2.45, 2.75) is 20.1 Å². The van der Waals surface area contributed by atoms with Gasteiger partial charge >= 0.3 is 0 Å². The molecule has 2 N–H and O–H groups in total. The molecule has 0 aliphatic heterocycles. The predicted octanol–water partition coefficient (Wildman–Crippen LogP) is 4.39. The number of allylic oxidation sites excluding steroid dienone is 1. The number of aliphatic hydroxyl groups excluding tert-OH is 2. The van der Waals surface area contributed by atoms with Crippen molar-refractivity contribution in [2.75, 3.05) is 0 Å². The SMILES string of the molecule is Cc1cn2c(/C=C/C(=O)c3ccc(CO)c(CO)c3)c(-c3ccc(F)cc3)nc2s1. The minimum absolute atomic E-state index is 0.202. The Hall–Kier alpha value is -3.13. The van der Waals surface area contributed by atoms with Crippen LogP contribution in [0.4, 0.5) is 4.39 Å². The lowest BCUT2D eigenvalue weighted by molar-refractivity contribution is 0.104. The first-order valence-corrected chi connectivity index (χ1v) is 10.1. The summed E-state index contributed by atoms with van der Waals surface area (Å²) in [6.45, 7) is 1.52. The number of fused-ring (bicyclic) bond motifs is 1. The van der Waals surface area contributed by atoms with Crippen LogP contribution in [-0.2, 0) is 13.2 Å². The zero-order valence-corrected chi connectivity index (χ0v) is 17.0. The number of hydrogen-bond acceptors (Lipinski definition) is 5. The van der Waals surface area contributed by atoms with Crippen molar-refractivity contribution >= 4 is 28.2 Å². The molecule has 5 nitrogen and oxygen atoms in total. The van der Waals surface area contributed by atoms with Crippen molar-refractivity contribution in [1.29, 1.82) is 0 Å². The van der Waals surface area contributed by atoms with E-state index < -0.39 is 0 Å². The lowest BCUT2D eigenvalue weighted by Gasteiger charge is -2.06. The van der Waals surface area contributed by atoms with Crippen molar-refractivity contribution in [2.24, 2.45) is 0 Å². The molecule has 4 aromatic rings. The molecule has 0 amide bonds. The number of halogens is 1. The number of hydrogen-bond donors (Lipinski definition) is 2. The molecule has 0 unspecified atom stereocenters. The third-order valence-electron chi connectivity index (χ3n) is 4.82. The van der Waals surface area contributed by atoms with Gasteiger partial charge in [0.2, 0.25) is 0 Å². The molecule has 30 heavy (non-hydrogen) atoms. The van der Waals surface area contributed by atoms with Gasteiger partial charge in [0.15, 0.2) is 10.7 Å². The first-order chi connectivity index (χ1) is 14.5. The Kier molecular flexibility index (Phi) is 5.59. The summed E-state index contributed by atoms with van der Waals surface area (Å²) >= 11 is 1.53. The predicted molar refractivity (Wildman–Crippen MR) is 115 cm³/mol. The second kappa shape index (κ2) is 8.31. The van der Waals surface area contributed by atoms with Crippen LogP contribution < -0.4 is 0 Å². The number of rotatable bonds is 6. The topological polar surface area (TPSA) is 74.8 Å². The molecule has 0 saturated carbocycles. The molecule has 0 atom stereocenters. The molecule has 0 fully saturated rings. The first-order valence-electron chi connectivity index (χ1n) is 9.30. The van der Waals surface area contributed by atoms with Gasteiger partial charge in [0.1, 0.15) is 5.82 Å². The van der Waals surface area contributed by atoms with Gasteiger partial charge in [-0.15, -0.1) is 11.3 Å². The highest BCUT2D eigenvalue weighted by Gasteiger charge is 2.15. The molecule has 0 aliphatic rings. The molecule has 0 bridgehead atoms. The molecule has 152 valence electrons. The fourth-order valence-corrected chi connectivity index (χ4v) is 4.12. The molecule has 7 heteroatoms. The van der Waals surface area contributed by atoms with E-state index in [0.717, 1.165) is 21.1 Å². The highest BCUT2D eigenvalue weighted by molar-refractivity contribution is 7.17. The normalized spacial score (nSPS) is 11.6. The molecule has 2 heterocycles. The summed E-state index contributed by atoms with van der Waals surface area (Å²) < 4.78 is 15.3. The van der Waals surface area contributed by atoms with E-state index in [9.17, 15) is 19.4 Å². The van der Waals surface area contributed by atoms with Crippen LogP contribution in [-0.4, -0.2) is 25.4 Å². The quantitative estimate of drug-likeness (QED) is 0.357. The van der Waals surface area contributed by atoms with Crippen molar-refractivity contribution in [3.8, 4) is 11.3 Å². The van der Waals surface area contributed by atoms with E-state index in [0.29, 0.717) is 22.4 Å². The zero-order valence-electron chi connectivity index (χ0n) is 16.2. The van der Waals surface area contributed by atoms with E-state index >= 15 is 0 Å². The molecule has 0 radical (unpaired) electrons. The monoisotopic (exact) mass is 422 g/mol. The van der Waals surface area contributed by atoms with Crippen LogP contribution >= 0.6 is 11.3 Å². The maximum absolute atomic E-state index is 13.3. The number of carbonyl (C=O) groups is 1. The zero-order chi connectivity index (χ0) is 21.3. The van der Waals surface area contributed by atoms with Gasteiger partial charge in [-0.1, -0.05) is 12.1 Å². The minimum atomic E-state index is -0.325. The number of imidazole rings is 1. The average molecular weight is 422 g/mol. The van der Waals surface area contributed by atoms with Crippen molar-refractivity contribution in [3.05, 3.63) is 87.8 Å². The van der Waals surface area contributed by atoms with Gasteiger partial charge in [-0.3, -0.25) is 9.20 Å². The van der Waals surface area contributed by atoms with Crippen molar-refractivity contribution in [3.63, 3.8) is 0 Å². The van der Waals surface area contributed by atoms with E-state index in [4.69, 9.17) is 0 Å². The maximum Gasteiger partial charge on any atom is 0.194 e. The Morgan fingerprint density at radius 2 is 1.87 bits per heavy atom. The molecular formula is C23H19FN2O3S. The minimum Gasteiger partial charge on any atom is -0.392 e. The Morgan fingerprint density at radius 1 is 1.13 bits per heavy atom. The van der Waals surface area contributed by atoms with Gasteiger partial charge in [0, 0.05) is 22.2 Å². The summed E-state index contributed by atoms with van der Waals surface area (Å²) in [5.41, 5.74) is 3.66. The van der Waals surface area contributed by atoms with Gasteiger partial charge in [0.05, 0.1) is 24.6 Å². The largest absolute Gasteiger partial charge is 0.392 e. The van der Waals surface area contributed by atoms with E-state index in [1.165, 1.54) is 29.5 Å². The van der Waals surface area contributed by atoms with Gasteiger partial charge < -0.3 is 10.2 Å². The Morgan fingerprint density at radius 3 is 2.57 bits per heavy atom. The summed E-state index contributed by atoms with van der Waals surface area (Å²) in [6, 6.07) is 10.9. The summed E-state index contributed by atoms with van der Waals surface area (Å²) in [4.78, 5) is 19.3. The van der Waals surface area contributed by atoms with E-state index in [-0.39, 0.29) is 24.8 Å². The van der Waals surface area contributed by atoms with E-state index in [2.05, 4.69) is 4.98 Å². The van der Waals surface area contributed by atoms with Crippen LogP contribution in [0, 0.1) is 12.7 Å².